The predicted octanol–water partition coefficient (Wildman–Crippen LogP) is 2.10. The molecule has 0 aliphatic heterocycles. The molecule has 0 aromatic rings. The largest absolute Gasteiger partial charge is 0.481 e. The number of rotatable bonds is 5. The third-order valence-electron chi connectivity index (χ3n) is 2.73. The van der Waals surface area contributed by atoms with Crippen molar-refractivity contribution in [3.8, 4) is 0 Å². The normalized spacial score (nSPS) is 11.8. The summed E-state index contributed by atoms with van der Waals surface area (Å²) in [4.78, 5) is 21.8. The summed E-state index contributed by atoms with van der Waals surface area (Å²) in [5, 5.41) is 8.41. The maximum absolute atomic E-state index is 11.5. The lowest BCUT2D eigenvalue weighted by molar-refractivity contribution is -0.140. The summed E-state index contributed by atoms with van der Waals surface area (Å²) in [6, 6.07) is 0. The van der Waals surface area contributed by atoms with Gasteiger partial charge in [-0.15, -0.1) is 0 Å². The summed E-state index contributed by atoms with van der Waals surface area (Å²) in [6.45, 7) is 7.67. The summed E-state index contributed by atoms with van der Waals surface area (Å²) in [5.41, 5.74) is -0.407. The highest BCUT2D eigenvalue weighted by Gasteiger charge is 2.30. The van der Waals surface area contributed by atoms with Crippen LogP contribution in [0, 0.1) is 11.3 Å². The topological polar surface area (TPSA) is 54.4 Å². The fourth-order valence-electron chi connectivity index (χ4n) is 0.865. The Hall–Kier alpha value is -0.860. The minimum atomic E-state index is -0.909. The van der Waals surface area contributed by atoms with E-state index in [1.165, 1.54) is 0 Å². The highest BCUT2D eigenvalue weighted by molar-refractivity contribution is 5.86. The lowest BCUT2D eigenvalue weighted by Gasteiger charge is -2.27. The van der Waals surface area contributed by atoms with Crippen molar-refractivity contribution in [1.82, 2.24) is 0 Å². The van der Waals surface area contributed by atoms with E-state index in [2.05, 4.69) is 0 Å². The lowest BCUT2D eigenvalue weighted by atomic mass is 9.76. The number of carbonyl (C=O) groups is 2. The average molecular weight is 186 g/mol. The molecule has 0 unspecified atom stereocenters. The number of hydrogen-bond acceptors (Lipinski definition) is 2. The second kappa shape index (κ2) is 4.40. The molecular formula is C10H18O3. The van der Waals surface area contributed by atoms with Crippen LogP contribution in [0.5, 0.6) is 0 Å². The molecule has 0 fully saturated rings. The Morgan fingerprint density at radius 2 is 1.69 bits per heavy atom. The van der Waals surface area contributed by atoms with E-state index in [1.807, 2.05) is 27.7 Å². The van der Waals surface area contributed by atoms with Crippen LogP contribution >= 0.6 is 0 Å². The van der Waals surface area contributed by atoms with Crippen LogP contribution in [0.4, 0.5) is 0 Å². The first-order chi connectivity index (χ1) is 5.78. The molecule has 0 amide bonds. The second-order valence-corrected chi connectivity index (χ2v) is 4.19. The second-order valence-electron chi connectivity index (χ2n) is 4.19. The first-order valence-electron chi connectivity index (χ1n) is 4.53. The average Bonchev–Trinajstić information content (AvgIpc) is 1.99. The summed E-state index contributed by atoms with van der Waals surface area (Å²) < 4.78 is 0. The van der Waals surface area contributed by atoms with E-state index in [1.54, 1.807) is 0 Å². The van der Waals surface area contributed by atoms with Crippen LogP contribution in [0.25, 0.3) is 0 Å². The van der Waals surface area contributed by atoms with Gasteiger partial charge in [-0.25, -0.2) is 0 Å². The van der Waals surface area contributed by atoms with Gasteiger partial charge >= 0.3 is 5.97 Å². The fourth-order valence-corrected chi connectivity index (χ4v) is 0.865. The van der Waals surface area contributed by atoms with Gasteiger partial charge in [-0.3, -0.25) is 9.59 Å². The van der Waals surface area contributed by atoms with Crippen LogP contribution in [-0.2, 0) is 9.59 Å². The molecule has 0 aliphatic carbocycles. The van der Waals surface area contributed by atoms with Crippen molar-refractivity contribution in [2.24, 2.45) is 11.3 Å². The molecule has 0 atom stereocenters. The molecule has 0 heterocycles. The molecule has 76 valence electrons. The Bertz CT molecular complexity index is 204. The van der Waals surface area contributed by atoms with Crippen molar-refractivity contribution >= 4 is 11.8 Å². The van der Waals surface area contributed by atoms with Gasteiger partial charge in [-0.1, -0.05) is 27.7 Å². The standard InChI is InChI=1S/C10H18O3/c1-7(2)10(3,4)8(11)5-6-9(12)13/h7H,5-6H2,1-4H3,(H,12,13). The monoisotopic (exact) mass is 186 g/mol. The third-order valence-corrected chi connectivity index (χ3v) is 2.73. The van der Waals surface area contributed by atoms with E-state index < -0.39 is 11.4 Å². The fraction of sp³-hybridized carbons (Fsp3) is 0.800. The first kappa shape index (κ1) is 12.1. The molecule has 0 aromatic heterocycles. The van der Waals surface area contributed by atoms with Crippen LogP contribution in [0.15, 0.2) is 0 Å². The molecular weight excluding hydrogens is 168 g/mol. The first-order valence-corrected chi connectivity index (χ1v) is 4.53. The molecule has 1 N–H and O–H groups in total. The van der Waals surface area contributed by atoms with Crippen molar-refractivity contribution in [2.45, 2.75) is 40.5 Å². The molecule has 0 spiro atoms. The number of hydrogen-bond donors (Lipinski definition) is 1. The minimum Gasteiger partial charge on any atom is -0.481 e. The van der Waals surface area contributed by atoms with Crippen LogP contribution in [0.3, 0.4) is 0 Å². The van der Waals surface area contributed by atoms with Crippen molar-refractivity contribution in [1.29, 1.82) is 0 Å². The zero-order valence-electron chi connectivity index (χ0n) is 8.76. The van der Waals surface area contributed by atoms with Crippen LogP contribution in [0.1, 0.15) is 40.5 Å². The molecule has 3 nitrogen and oxygen atoms in total. The number of aliphatic carboxylic acids is 1. The molecule has 0 saturated carbocycles. The molecule has 0 radical (unpaired) electrons. The van der Waals surface area contributed by atoms with Gasteiger partial charge < -0.3 is 5.11 Å². The van der Waals surface area contributed by atoms with E-state index in [0.29, 0.717) is 0 Å². The van der Waals surface area contributed by atoms with Crippen molar-refractivity contribution in [3.63, 3.8) is 0 Å². The molecule has 13 heavy (non-hydrogen) atoms. The Labute approximate surface area is 79.1 Å². The van der Waals surface area contributed by atoms with Gasteiger partial charge in [-0.05, 0) is 5.92 Å². The van der Waals surface area contributed by atoms with Gasteiger partial charge in [0.05, 0.1) is 6.42 Å². The summed E-state index contributed by atoms with van der Waals surface area (Å²) in [7, 11) is 0. The molecule has 0 saturated heterocycles. The molecule has 0 aromatic carbocycles. The van der Waals surface area contributed by atoms with Crippen LogP contribution < -0.4 is 0 Å². The van der Waals surface area contributed by atoms with Gasteiger partial charge in [0, 0.05) is 11.8 Å². The molecule has 3 heteroatoms. The number of carbonyl (C=O) groups excluding carboxylic acids is 1. The van der Waals surface area contributed by atoms with Crippen LogP contribution in [0.2, 0.25) is 0 Å². The van der Waals surface area contributed by atoms with E-state index >= 15 is 0 Å². The Kier molecular flexibility index (Phi) is 4.11. The van der Waals surface area contributed by atoms with Crippen molar-refractivity contribution in [2.75, 3.05) is 0 Å². The minimum absolute atomic E-state index is 0.0323. The van der Waals surface area contributed by atoms with E-state index in [9.17, 15) is 9.59 Å². The van der Waals surface area contributed by atoms with Crippen LogP contribution in [-0.4, -0.2) is 16.9 Å². The number of carboxylic acid groups (broad SMARTS) is 1. The third kappa shape index (κ3) is 3.57. The van der Waals surface area contributed by atoms with Gasteiger partial charge in [0.2, 0.25) is 0 Å². The SMILES string of the molecule is CC(C)C(C)(C)C(=O)CCC(=O)O. The lowest BCUT2D eigenvalue weighted by Crippen LogP contribution is -2.30. The highest BCUT2D eigenvalue weighted by atomic mass is 16.4. The maximum atomic E-state index is 11.5. The van der Waals surface area contributed by atoms with Gasteiger partial charge in [0.15, 0.2) is 0 Å². The Morgan fingerprint density at radius 3 is 2.00 bits per heavy atom. The smallest absolute Gasteiger partial charge is 0.303 e. The molecule has 0 bridgehead atoms. The van der Waals surface area contributed by atoms with Crippen molar-refractivity contribution < 1.29 is 14.7 Å². The predicted molar refractivity (Wildman–Crippen MR) is 50.5 cm³/mol. The Morgan fingerprint density at radius 1 is 1.23 bits per heavy atom. The maximum Gasteiger partial charge on any atom is 0.303 e. The van der Waals surface area contributed by atoms with E-state index in [4.69, 9.17) is 5.11 Å². The Balaban J connectivity index is 4.18. The zero-order valence-corrected chi connectivity index (χ0v) is 8.76. The van der Waals surface area contributed by atoms with Gasteiger partial charge in [0.1, 0.15) is 5.78 Å². The van der Waals surface area contributed by atoms with Gasteiger partial charge in [0.25, 0.3) is 0 Å². The van der Waals surface area contributed by atoms with Gasteiger partial charge in [-0.2, -0.15) is 0 Å². The summed E-state index contributed by atoms with van der Waals surface area (Å²) in [6.07, 6.45) is 0.0789. The van der Waals surface area contributed by atoms with E-state index in [-0.39, 0.29) is 24.5 Å². The van der Waals surface area contributed by atoms with Crippen molar-refractivity contribution in [3.05, 3.63) is 0 Å². The zero-order chi connectivity index (χ0) is 10.6. The number of carboxylic acids is 1. The summed E-state index contributed by atoms with van der Waals surface area (Å²) >= 11 is 0. The van der Waals surface area contributed by atoms with E-state index in [0.717, 1.165) is 0 Å². The molecule has 0 aliphatic rings. The number of ketones is 1. The summed E-state index contributed by atoms with van der Waals surface area (Å²) in [5.74, 6) is -0.633. The quantitative estimate of drug-likeness (QED) is 0.715. The highest BCUT2D eigenvalue weighted by Crippen LogP contribution is 2.28. The number of Topliss-reactive ketones (excluding diaryl/α,β-unsaturated/α-hetero) is 1. The molecule has 0 rings (SSSR count).